The Labute approximate surface area is 55.7 Å². The van der Waals surface area contributed by atoms with Crippen molar-refractivity contribution in [2.45, 2.75) is 13.8 Å². The quantitative estimate of drug-likeness (QED) is 0.432. The summed E-state index contributed by atoms with van der Waals surface area (Å²) in [5, 5.41) is 6.79. The third-order valence-corrected chi connectivity index (χ3v) is 0.709. The second kappa shape index (κ2) is 4.32. The summed E-state index contributed by atoms with van der Waals surface area (Å²) in [6, 6.07) is 0. The first-order valence-corrected chi connectivity index (χ1v) is 3.03. The molecule has 0 amide bonds. The molecule has 0 saturated carbocycles. The summed E-state index contributed by atoms with van der Waals surface area (Å²) >= 11 is 0. The van der Waals surface area contributed by atoms with Crippen molar-refractivity contribution in [3.05, 3.63) is 0 Å². The van der Waals surface area contributed by atoms with E-state index < -0.39 is 0 Å². The predicted octanol–water partition coefficient (Wildman–Crippen LogP) is 0.595. The number of nitrogens with two attached hydrogens (primary N) is 1. The van der Waals surface area contributed by atoms with Crippen LogP contribution in [0.5, 0.6) is 0 Å². The summed E-state index contributed by atoms with van der Waals surface area (Å²) in [5.74, 6) is 0.611. The normalized spacial score (nSPS) is 10.1. The highest BCUT2D eigenvalue weighted by Crippen LogP contribution is 1.90. The Morgan fingerprint density at radius 2 is 2.22 bits per heavy atom. The van der Waals surface area contributed by atoms with Crippen LogP contribution in [0.1, 0.15) is 13.8 Å². The van der Waals surface area contributed by atoms with Crippen molar-refractivity contribution in [3.63, 3.8) is 0 Å². The highest BCUT2D eigenvalue weighted by atomic mass is 16.5. The van der Waals surface area contributed by atoms with Crippen molar-refractivity contribution in [1.29, 1.82) is 5.41 Å². The van der Waals surface area contributed by atoms with Crippen LogP contribution in [0.2, 0.25) is 0 Å². The third kappa shape index (κ3) is 7.43. The second-order valence-corrected chi connectivity index (χ2v) is 2.43. The van der Waals surface area contributed by atoms with Crippen molar-refractivity contribution in [3.8, 4) is 0 Å². The first-order chi connectivity index (χ1) is 4.13. The molecule has 0 saturated heterocycles. The van der Waals surface area contributed by atoms with Gasteiger partial charge in [0.1, 0.15) is 12.4 Å². The van der Waals surface area contributed by atoms with Crippen molar-refractivity contribution < 1.29 is 4.74 Å². The summed E-state index contributed by atoms with van der Waals surface area (Å²) in [6.45, 7) is 5.05. The van der Waals surface area contributed by atoms with Gasteiger partial charge in [-0.25, -0.2) is 0 Å². The van der Waals surface area contributed by atoms with E-state index in [1.54, 1.807) is 0 Å². The van der Waals surface area contributed by atoms with Crippen LogP contribution in [-0.4, -0.2) is 19.0 Å². The topological polar surface area (TPSA) is 59.1 Å². The molecule has 0 atom stereocenters. The summed E-state index contributed by atoms with van der Waals surface area (Å²) in [4.78, 5) is 0. The summed E-state index contributed by atoms with van der Waals surface area (Å²) in [7, 11) is 0. The van der Waals surface area contributed by atoms with Gasteiger partial charge < -0.3 is 10.5 Å². The molecule has 0 aliphatic heterocycles. The Hall–Kier alpha value is -0.570. The number of hydrogen-bond acceptors (Lipinski definition) is 2. The molecule has 0 aromatic rings. The molecule has 0 aliphatic rings. The Balaban J connectivity index is 3.01. The zero-order valence-electron chi connectivity index (χ0n) is 5.98. The number of hydrogen-bond donors (Lipinski definition) is 2. The van der Waals surface area contributed by atoms with Crippen molar-refractivity contribution >= 4 is 5.84 Å². The van der Waals surface area contributed by atoms with E-state index in [0.717, 1.165) is 0 Å². The molecule has 0 radical (unpaired) electrons. The van der Waals surface area contributed by atoms with Gasteiger partial charge in [0.25, 0.3) is 0 Å². The van der Waals surface area contributed by atoms with Crippen LogP contribution >= 0.6 is 0 Å². The molecule has 9 heavy (non-hydrogen) atoms. The molecule has 0 aliphatic carbocycles. The molecule has 0 spiro atoms. The van der Waals surface area contributed by atoms with Gasteiger partial charge in [-0.2, -0.15) is 0 Å². The monoisotopic (exact) mass is 130 g/mol. The number of rotatable bonds is 4. The summed E-state index contributed by atoms with van der Waals surface area (Å²) in [5.41, 5.74) is 5.04. The Morgan fingerprint density at radius 3 is 2.56 bits per heavy atom. The van der Waals surface area contributed by atoms with Crippen molar-refractivity contribution in [1.82, 2.24) is 0 Å². The van der Waals surface area contributed by atoms with Crippen LogP contribution in [-0.2, 0) is 4.74 Å². The maximum atomic E-state index is 6.79. The van der Waals surface area contributed by atoms with Crippen LogP contribution in [0.4, 0.5) is 0 Å². The van der Waals surface area contributed by atoms with E-state index in [-0.39, 0.29) is 12.4 Å². The third-order valence-electron chi connectivity index (χ3n) is 0.709. The van der Waals surface area contributed by atoms with Gasteiger partial charge in [0, 0.05) is 6.61 Å². The molecule has 0 aromatic carbocycles. The molecule has 0 aromatic heterocycles. The minimum absolute atomic E-state index is 0.0932. The van der Waals surface area contributed by atoms with Gasteiger partial charge in [-0.05, 0) is 5.92 Å². The maximum absolute atomic E-state index is 6.79. The highest BCUT2D eigenvalue weighted by Gasteiger charge is 1.93. The zero-order valence-corrected chi connectivity index (χ0v) is 5.98. The van der Waals surface area contributed by atoms with Crippen molar-refractivity contribution in [2.75, 3.05) is 13.2 Å². The lowest BCUT2D eigenvalue weighted by Gasteiger charge is -2.04. The predicted molar refractivity (Wildman–Crippen MR) is 37.6 cm³/mol. The standard InChI is InChI=1S/C6H14N2O/c1-5(2)3-9-4-6(7)8/h5H,3-4H2,1-2H3,(H3,7,8). The highest BCUT2D eigenvalue weighted by molar-refractivity contribution is 5.78. The molecule has 3 heteroatoms. The Morgan fingerprint density at radius 1 is 1.67 bits per heavy atom. The molecular weight excluding hydrogens is 116 g/mol. The van der Waals surface area contributed by atoms with E-state index in [1.165, 1.54) is 0 Å². The molecule has 3 N–H and O–H groups in total. The average molecular weight is 130 g/mol. The van der Waals surface area contributed by atoms with Gasteiger partial charge in [0.15, 0.2) is 0 Å². The van der Waals surface area contributed by atoms with Gasteiger partial charge in [0.05, 0.1) is 0 Å². The SMILES string of the molecule is CC(C)COCC(=N)N. The Bertz CT molecular complexity index is 91.1. The van der Waals surface area contributed by atoms with E-state index in [2.05, 4.69) is 13.8 Å². The van der Waals surface area contributed by atoms with Crippen LogP contribution < -0.4 is 5.73 Å². The molecule has 54 valence electrons. The van der Waals surface area contributed by atoms with Crippen LogP contribution in [0, 0.1) is 11.3 Å². The molecule has 0 rings (SSSR count). The van der Waals surface area contributed by atoms with Crippen LogP contribution in [0.25, 0.3) is 0 Å². The molecular formula is C6H14N2O. The van der Waals surface area contributed by atoms with Gasteiger partial charge in [-0.3, -0.25) is 5.41 Å². The molecule has 0 heterocycles. The fourth-order valence-electron chi connectivity index (χ4n) is 0.405. The van der Waals surface area contributed by atoms with E-state index in [4.69, 9.17) is 15.9 Å². The van der Waals surface area contributed by atoms with E-state index in [0.29, 0.717) is 12.5 Å². The smallest absolute Gasteiger partial charge is 0.117 e. The fraction of sp³-hybridized carbons (Fsp3) is 0.833. The second-order valence-electron chi connectivity index (χ2n) is 2.43. The molecule has 0 bridgehead atoms. The first kappa shape index (κ1) is 8.43. The van der Waals surface area contributed by atoms with Gasteiger partial charge >= 0.3 is 0 Å². The fourth-order valence-corrected chi connectivity index (χ4v) is 0.405. The lowest BCUT2D eigenvalue weighted by atomic mass is 10.2. The van der Waals surface area contributed by atoms with Crippen molar-refractivity contribution in [2.24, 2.45) is 11.7 Å². The van der Waals surface area contributed by atoms with E-state index >= 15 is 0 Å². The lowest BCUT2D eigenvalue weighted by molar-refractivity contribution is 0.142. The van der Waals surface area contributed by atoms with Gasteiger partial charge in [-0.1, -0.05) is 13.8 Å². The van der Waals surface area contributed by atoms with Gasteiger partial charge in [0.2, 0.25) is 0 Å². The lowest BCUT2D eigenvalue weighted by Crippen LogP contribution is -2.18. The minimum Gasteiger partial charge on any atom is -0.386 e. The van der Waals surface area contributed by atoms with Gasteiger partial charge in [-0.15, -0.1) is 0 Å². The number of ether oxygens (including phenoxy) is 1. The molecule has 0 fully saturated rings. The van der Waals surface area contributed by atoms with E-state index in [1.807, 2.05) is 0 Å². The maximum Gasteiger partial charge on any atom is 0.117 e. The molecule has 0 unspecified atom stereocenters. The first-order valence-electron chi connectivity index (χ1n) is 3.03. The van der Waals surface area contributed by atoms with Crippen LogP contribution in [0.15, 0.2) is 0 Å². The summed E-state index contributed by atoms with van der Waals surface area (Å²) < 4.78 is 5.01. The van der Waals surface area contributed by atoms with Crippen LogP contribution in [0.3, 0.4) is 0 Å². The summed E-state index contributed by atoms with van der Waals surface area (Å²) in [6.07, 6.45) is 0. The number of nitrogens with one attached hydrogen (secondary N) is 1. The average Bonchev–Trinajstić information content (AvgIpc) is 1.63. The van der Waals surface area contributed by atoms with E-state index in [9.17, 15) is 0 Å². The minimum atomic E-state index is 0.0932. The Kier molecular flexibility index (Phi) is 4.05. The largest absolute Gasteiger partial charge is 0.386 e. The molecule has 3 nitrogen and oxygen atoms in total. The number of amidine groups is 1. The zero-order chi connectivity index (χ0) is 7.28.